The lowest BCUT2D eigenvalue weighted by molar-refractivity contribution is 0.590. The van der Waals surface area contributed by atoms with Gasteiger partial charge < -0.3 is 5.73 Å². The van der Waals surface area contributed by atoms with Crippen LogP contribution in [-0.2, 0) is 0 Å². The minimum Gasteiger partial charge on any atom is -0.323 e. The Hall–Kier alpha value is -0.600. The minimum atomic E-state index is 0. The minimum absolute atomic E-state index is 0. The molecule has 0 bridgehead atoms. The van der Waals surface area contributed by atoms with Crippen LogP contribution < -0.4 is 5.73 Å². The zero-order chi connectivity index (χ0) is 8.81. The van der Waals surface area contributed by atoms with E-state index in [0.29, 0.717) is 0 Å². The highest BCUT2D eigenvalue weighted by Crippen LogP contribution is 2.13. The molecule has 0 aromatic carbocycles. The lowest BCUT2D eigenvalue weighted by Crippen LogP contribution is -2.11. The third kappa shape index (κ3) is 4.25. The van der Waals surface area contributed by atoms with E-state index in [1.165, 1.54) is 12.8 Å². The quantitative estimate of drug-likeness (QED) is 0.812. The summed E-state index contributed by atoms with van der Waals surface area (Å²) in [6.45, 7) is 2.17. The van der Waals surface area contributed by atoms with Gasteiger partial charge in [0.25, 0.3) is 0 Å². The SMILES string of the molecule is CCCC[C@H](N)c1ccccn1.Cl. The molecule has 0 saturated heterocycles. The van der Waals surface area contributed by atoms with Crippen LogP contribution in [0.5, 0.6) is 0 Å². The topological polar surface area (TPSA) is 38.9 Å². The number of halogens is 1. The molecule has 0 aliphatic carbocycles. The molecule has 0 aliphatic rings. The highest BCUT2D eigenvalue weighted by Gasteiger charge is 2.04. The largest absolute Gasteiger partial charge is 0.323 e. The first-order valence-corrected chi connectivity index (χ1v) is 4.51. The van der Waals surface area contributed by atoms with Crippen molar-refractivity contribution in [2.24, 2.45) is 5.73 Å². The van der Waals surface area contributed by atoms with E-state index >= 15 is 0 Å². The second kappa shape index (κ2) is 6.87. The highest BCUT2D eigenvalue weighted by molar-refractivity contribution is 5.85. The average Bonchev–Trinajstić information content (AvgIpc) is 2.15. The summed E-state index contributed by atoms with van der Waals surface area (Å²) in [6, 6.07) is 6.00. The Morgan fingerprint density at radius 1 is 1.46 bits per heavy atom. The molecule has 74 valence electrons. The van der Waals surface area contributed by atoms with Gasteiger partial charge in [0.05, 0.1) is 5.69 Å². The van der Waals surface area contributed by atoms with Gasteiger partial charge in [-0.25, -0.2) is 0 Å². The first-order chi connectivity index (χ1) is 5.84. The highest BCUT2D eigenvalue weighted by atomic mass is 35.5. The number of hydrogen-bond acceptors (Lipinski definition) is 2. The van der Waals surface area contributed by atoms with Crippen LogP contribution in [0.4, 0.5) is 0 Å². The van der Waals surface area contributed by atoms with Gasteiger partial charge in [0.15, 0.2) is 0 Å². The van der Waals surface area contributed by atoms with Gasteiger partial charge in [-0.15, -0.1) is 12.4 Å². The van der Waals surface area contributed by atoms with Crippen molar-refractivity contribution in [2.45, 2.75) is 32.2 Å². The summed E-state index contributed by atoms with van der Waals surface area (Å²) in [4.78, 5) is 4.21. The third-order valence-electron chi connectivity index (χ3n) is 1.94. The summed E-state index contributed by atoms with van der Waals surface area (Å²) < 4.78 is 0. The fraction of sp³-hybridized carbons (Fsp3) is 0.500. The maximum absolute atomic E-state index is 5.92. The van der Waals surface area contributed by atoms with Gasteiger partial charge >= 0.3 is 0 Å². The maximum Gasteiger partial charge on any atom is 0.0570 e. The number of hydrogen-bond donors (Lipinski definition) is 1. The van der Waals surface area contributed by atoms with Crippen LogP contribution in [0.1, 0.15) is 37.9 Å². The Labute approximate surface area is 86.0 Å². The Kier molecular flexibility index (Phi) is 6.55. The molecule has 0 fully saturated rings. The summed E-state index contributed by atoms with van der Waals surface area (Å²) in [5.41, 5.74) is 6.92. The second-order valence-corrected chi connectivity index (χ2v) is 3.00. The Bertz CT molecular complexity index is 213. The zero-order valence-corrected chi connectivity index (χ0v) is 8.76. The molecular weight excluding hydrogens is 184 g/mol. The molecule has 0 spiro atoms. The van der Waals surface area contributed by atoms with Gasteiger partial charge in [-0.1, -0.05) is 25.8 Å². The van der Waals surface area contributed by atoms with Gasteiger partial charge in [0, 0.05) is 12.2 Å². The van der Waals surface area contributed by atoms with Crippen molar-refractivity contribution in [3.05, 3.63) is 30.1 Å². The molecule has 3 heteroatoms. The summed E-state index contributed by atoms with van der Waals surface area (Å²) >= 11 is 0. The molecule has 2 nitrogen and oxygen atoms in total. The number of nitrogens with zero attached hydrogens (tertiary/aromatic N) is 1. The fourth-order valence-electron chi connectivity index (χ4n) is 1.17. The van der Waals surface area contributed by atoms with Crippen molar-refractivity contribution in [3.63, 3.8) is 0 Å². The van der Waals surface area contributed by atoms with Crippen LogP contribution >= 0.6 is 12.4 Å². The van der Waals surface area contributed by atoms with Crippen molar-refractivity contribution in [3.8, 4) is 0 Å². The number of unbranched alkanes of at least 4 members (excludes halogenated alkanes) is 1. The third-order valence-corrected chi connectivity index (χ3v) is 1.94. The van der Waals surface area contributed by atoms with Crippen LogP contribution in [0.2, 0.25) is 0 Å². The summed E-state index contributed by atoms with van der Waals surface area (Å²) in [6.07, 6.45) is 5.20. The van der Waals surface area contributed by atoms with Crippen LogP contribution in [0.3, 0.4) is 0 Å². The predicted molar refractivity (Wildman–Crippen MR) is 57.9 cm³/mol. The molecule has 1 aromatic rings. The van der Waals surface area contributed by atoms with Gasteiger partial charge in [0.2, 0.25) is 0 Å². The van der Waals surface area contributed by atoms with E-state index in [1.54, 1.807) is 6.20 Å². The van der Waals surface area contributed by atoms with Crippen LogP contribution in [0, 0.1) is 0 Å². The Morgan fingerprint density at radius 2 is 2.23 bits per heavy atom. The first kappa shape index (κ1) is 12.4. The first-order valence-electron chi connectivity index (χ1n) is 4.51. The molecular formula is C10H17ClN2. The Morgan fingerprint density at radius 3 is 2.77 bits per heavy atom. The standard InChI is InChI=1S/C10H16N2.ClH/c1-2-3-6-9(11)10-7-4-5-8-12-10;/h4-5,7-9H,2-3,6,11H2,1H3;1H/t9-;/m0./s1. The van der Waals surface area contributed by atoms with Crippen LogP contribution in [0.15, 0.2) is 24.4 Å². The monoisotopic (exact) mass is 200 g/mol. The van der Waals surface area contributed by atoms with E-state index in [9.17, 15) is 0 Å². The zero-order valence-electron chi connectivity index (χ0n) is 7.94. The molecule has 13 heavy (non-hydrogen) atoms. The lowest BCUT2D eigenvalue weighted by Gasteiger charge is -2.08. The van der Waals surface area contributed by atoms with Crippen molar-refractivity contribution in [2.75, 3.05) is 0 Å². The molecule has 1 heterocycles. The number of pyridine rings is 1. The van der Waals surface area contributed by atoms with Crippen molar-refractivity contribution >= 4 is 12.4 Å². The summed E-state index contributed by atoms with van der Waals surface area (Å²) in [7, 11) is 0. The van der Waals surface area contributed by atoms with Crippen molar-refractivity contribution < 1.29 is 0 Å². The molecule has 0 saturated carbocycles. The van der Waals surface area contributed by atoms with Crippen LogP contribution in [-0.4, -0.2) is 4.98 Å². The van der Waals surface area contributed by atoms with Crippen LogP contribution in [0.25, 0.3) is 0 Å². The molecule has 2 N–H and O–H groups in total. The molecule has 0 unspecified atom stereocenters. The van der Waals surface area contributed by atoms with Crippen molar-refractivity contribution in [1.82, 2.24) is 4.98 Å². The maximum atomic E-state index is 5.92. The molecule has 1 rings (SSSR count). The van der Waals surface area contributed by atoms with Gasteiger partial charge in [-0.05, 0) is 18.6 Å². The van der Waals surface area contributed by atoms with E-state index in [0.717, 1.165) is 12.1 Å². The number of aromatic nitrogens is 1. The summed E-state index contributed by atoms with van der Waals surface area (Å²) in [5, 5.41) is 0. The summed E-state index contributed by atoms with van der Waals surface area (Å²) in [5.74, 6) is 0. The van der Waals surface area contributed by atoms with Crippen molar-refractivity contribution in [1.29, 1.82) is 0 Å². The van der Waals surface area contributed by atoms with Gasteiger partial charge in [-0.3, -0.25) is 4.98 Å². The normalized spacial score (nSPS) is 11.8. The van der Waals surface area contributed by atoms with E-state index in [-0.39, 0.29) is 18.4 Å². The number of rotatable bonds is 4. The smallest absolute Gasteiger partial charge is 0.0570 e. The number of nitrogens with two attached hydrogens (primary N) is 1. The van der Waals surface area contributed by atoms with Gasteiger partial charge in [0.1, 0.15) is 0 Å². The fourth-order valence-corrected chi connectivity index (χ4v) is 1.17. The van der Waals surface area contributed by atoms with E-state index in [4.69, 9.17) is 5.73 Å². The molecule has 0 radical (unpaired) electrons. The average molecular weight is 201 g/mol. The molecule has 0 aliphatic heterocycles. The van der Waals surface area contributed by atoms with Gasteiger partial charge in [-0.2, -0.15) is 0 Å². The van der Waals surface area contributed by atoms with E-state index in [1.807, 2.05) is 18.2 Å². The lowest BCUT2D eigenvalue weighted by atomic mass is 10.1. The second-order valence-electron chi connectivity index (χ2n) is 3.00. The molecule has 1 atom stereocenters. The Balaban J connectivity index is 0.00000144. The van der Waals surface area contributed by atoms with E-state index < -0.39 is 0 Å². The molecule has 0 amide bonds. The van der Waals surface area contributed by atoms with E-state index in [2.05, 4.69) is 11.9 Å². The molecule has 1 aromatic heterocycles. The predicted octanol–water partition coefficient (Wildman–Crippen LogP) is 2.69.